The third-order valence-corrected chi connectivity index (χ3v) is 6.77. The summed E-state index contributed by atoms with van der Waals surface area (Å²) in [5.41, 5.74) is 1.86. The summed E-state index contributed by atoms with van der Waals surface area (Å²) in [5.74, 6) is -1.40. The molecule has 174 valence electrons. The number of ether oxygens (including phenoxy) is 1. The molecule has 0 bridgehead atoms. The van der Waals surface area contributed by atoms with Crippen LogP contribution in [0.2, 0.25) is 0 Å². The fraction of sp³-hybridized carbons (Fsp3) is 0.360. The number of fused-ring (bicyclic) bond motifs is 1. The second kappa shape index (κ2) is 8.09. The third-order valence-electron chi connectivity index (χ3n) is 6.77. The molecule has 2 fully saturated rings. The Morgan fingerprint density at radius 1 is 1.06 bits per heavy atom. The molecule has 1 aromatic carbocycles. The zero-order valence-corrected chi connectivity index (χ0v) is 18.6. The molecule has 7 nitrogen and oxygen atoms in total. The Morgan fingerprint density at radius 2 is 1.91 bits per heavy atom. The molecule has 0 amide bonds. The van der Waals surface area contributed by atoms with E-state index in [4.69, 9.17) is 9.72 Å². The highest BCUT2D eigenvalue weighted by Gasteiger charge is 2.30. The first-order valence-electron chi connectivity index (χ1n) is 11.5. The minimum absolute atomic E-state index is 0.00700. The van der Waals surface area contributed by atoms with Crippen LogP contribution < -0.4 is 5.56 Å². The van der Waals surface area contributed by atoms with E-state index in [1.165, 1.54) is 23.0 Å². The lowest BCUT2D eigenvalue weighted by Crippen LogP contribution is -2.22. The van der Waals surface area contributed by atoms with E-state index in [0.29, 0.717) is 41.2 Å². The molecular weight excluding hydrogens is 440 g/mol. The van der Waals surface area contributed by atoms with Crippen LogP contribution in [0.3, 0.4) is 0 Å². The molecule has 3 aromatic heterocycles. The van der Waals surface area contributed by atoms with E-state index in [1.807, 2.05) is 10.9 Å². The summed E-state index contributed by atoms with van der Waals surface area (Å²) < 4.78 is 37.6. The molecule has 4 aromatic rings. The number of hydrogen-bond acceptors (Lipinski definition) is 5. The molecule has 0 spiro atoms. The summed E-state index contributed by atoms with van der Waals surface area (Å²) in [6.07, 6.45) is 9.00. The van der Waals surface area contributed by atoms with E-state index in [2.05, 4.69) is 16.4 Å². The minimum Gasteiger partial charge on any atom is -0.373 e. The van der Waals surface area contributed by atoms with Crippen LogP contribution in [-0.4, -0.2) is 31.2 Å². The van der Waals surface area contributed by atoms with Crippen molar-refractivity contribution in [2.24, 2.45) is 7.05 Å². The molecule has 0 radical (unpaired) electrons. The van der Waals surface area contributed by atoms with E-state index < -0.39 is 11.6 Å². The van der Waals surface area contributed by atoms with E-state index in [9.17, 15) is 13.6 Å². The van der Waals surface area contributed by atoms with Crippen LogP contribution in [0.25, 0.3) is 22.0 Å². The molecule has 0 N–H and O–H groups in total. The molecule has 2 atom stereocenters. The number of pyridine rings is 1. The number of aryl methyl sites for hydroxylation is 1. The number of benzene rings is 1. The number of aromatic nitrogens is 5. The van der Waals surface area contributed by atoms with Gasteiger partial charge in [-0.05, 0) is 43.9 Å². The number of rotatable bonds is 4. The van der Waals surface area contributed by atoms with Crippen molar-refractivity contribution in [3.05, 3.63) is 76.1 Å². The predicted molar refractivity (Wildman–Crippen MR) is 121 cm³/mol. The van der Waals surface area contributed by atoms with Crippen molar-refractivity contribution >= 4 is 10.8 Å². The molecule has 1 saturated heterocycles. The average molecular weight is 463 g/mol. The lowest BCUT2D eigenvalue weighted by atomic mass is 9.89. The van der Waals surface area contributed by atoms with Crippen molar-refractivity contribution in [2.75, 3.05) is 6.61 Å². The van der Waals surface area contributed by atoms with Gasteiger partial charge in [-0.3, -0.25) is 14.5 Å². The molecule has 1 aliphatic heterocycles. The van der Waals surface area contributed by atoms with Crippen LogP contribution >= 0.6 is 0 Å². The Bertz CT molecular complexity index is 1460. The molecule has 2 unspecified atom stereocenters. The van der Waals surface area contributed by atoms with E-state index in [1.54, 1.807) is 13.1 Å². The van der Waals surface area contributed by atoms with Crippen molar-refractivity contribution in [1.29, 1.82) is 0 Å². The van der Waals surface area contributed by atoms with Gasteiger partial charge in [0.25, 0.3) is 5.56 Å². The standard InChI is InChI=1S/C25H23F2N5O2/c1-31-25(33)19-10-22(30-24(20(19)12-28-31)18-5-2-16(26)9-21(18)27)14-6-7-34-23(8-14)15-11-29-32(13-15)17-3-4-17/h2,5,9-14,17,23H,3-4,6-8H2,1H3. The maximum Gasteiger partial charge on any atom is 0.274 e. The van der Waals surface area contributed by atoms with Gasteiger partial charge < -0.3 is 4.74 Å². The molecule has 9 heteroatoms. The zero-order chi connectivity index (χ0) is 23.4. The summed E-state index contributed by atoms with van der Waals surface area (Å²) in [4.78, 5) is 17.7. The molecule has 2 aliphatic rings. The third kappa shape index (κ3) is 3.69. The molecule has 1 saturated carbocycles. The van der Waals surface area contributed by atoms with Gasteiger partial charge in [0.15, 0.2) is 0 Å². The van der Waals surface area contributed by atoms with Crippen LogP contribution in [0, 0.1) is 11.6 Å². The van der Waals surface area contributed by atoms with E-state index >= 15 is 0 Å². The Balaban J connectivity index is 1.43. The average Bonchev–Trinajstić information content (AvgIpc) is 3.57. The number of hydrogen-bond donors (Lipinski definition) is 0. The lowest BCUT2D eigenvalue weighted by molar-refractivity contribution is 0.00463. The normalized spacial score (nSPS) is 20.7. The van der Waals surface area contributed by atoms with E-state index in [-0.39, 0.29) is 23.1 Å². The Labute approximate surface area is 194 Å². The van der Waals surface area contributed by atoms with Gasteiger partial charge in [-0.25, -0.2) is 13.5 Å². The second-order valence-electron chi connectivity index (χ2n) is 9.12. The summed E-state index contributed by atoms with van der Waals surface area (Å²) >= 11 is 0. The summed E-state index contributed by atoms with van der Waals surface area (Å²) in [6.45, 7) is 0.540. The number of halogens is 2. The van der Waals surface area contributed by atoms with Gasteiger partial charge in [-0.2, -0.15) is 10.2 Å². The first-order valence-corrected chi connectivity index (χ1v) is 11.5. The smallest absolute Gasteiger partial charge is 0.274 e. The van der Waals surface area contributed by atoms with Crippen molar-refractivity contribution < 1.29 is 13.5 Å². The van der Waals surface area contributed by atoms with Crippen LogP contribution in [0.5, 0.6) is 0 Å². The number of nitrogens with zero attached hydrogens (tertiary/aromatic N) is 5. The highest BCUT2D eigenvalue weighted by Crippen LogP contribution is 2.40. The van der Waals surface area contributed by atoms with Crippen LogP contribution in [0.1, 0.15) is 55.0 Å². The van der Waals surface area contributed by atoms with Gasteiger partial charge in [0.2, 0.25) is 0 Å². The lowest BCUT2D eigenvalue weighted by Gasteiger charge is -2.29. The Morgan fingerprint density at radius 3 is 2.71 bits per heavy atom. The first kappa shape index (κ1) is 21.1. The topological polar surface area (TPSA) is 74.8 Å². The zero-order valence-electron chi connectivity index (χ0n) is 18.6. The quantitative estimate of drug-likeness (QED) is 0.447. The van der Waals surface area contributed by atoms with E-state index in [0.717, 1.165) is 30.9 Å². The highest BCUT2D eigenvalue weighted by atomic mass is 19.1. The van der Waals surface area contributed by atoms with Gasteiger partial charge in [-0.15, -0.1) is 0 Å². The van der Waals surface area contributed by atoms with Crippen molar-refractivity contribution in [1.82, 2.24) is 24.5 Å². The molecule has 34 heavy (non-hydrogen) atoms. The molecule has 1 aliphatic carbocycles. The van der Waals surface area contributed by atoms with Gasteiger partial charge in [0, 0.05) is 54.0 Å². The maximum absolute atomic E-state index is 14.8. The summed E-state index contributed by atoms with van der Waals surface area (Å²) in [5, 5.41) is 9.42. The minimum atomic E-state index is -0.732. The highest BCUT2D eigenvalue weighted by molar-refractivity contribution is 5.94. The van der Waals surface area contributed by atoms with Crippen LogP contribution in [0.4, 0.5) is 8.78 Å². The molecule has 4 heterocycles. The maximum atomic E-state index is 14.8. The fourth-order valence-electron chi connectivity index (χ4n) is 4.71. The van der Waals surface area contributed by atoms with Gasteiger partial charge >= 0.3 is 0 Å². The Hall–Kier alpha value is -3.46. The fourth-order valence-corrected chi connectivity index (χ4v) is 4.71. The molecular formula is C25H23F2N5O2. The summed E-state index contributed by atoms with van der Waals surface area (Å²) in [7, 11) is 1.57. The van der Waals surface area contributed by atoms with Gasteiger partial charge in [-0.1, -0.05) is 0 Å². The predicted octanol–water partition coefficient (Wildman–Crippen LogP) is 4.44. The SMILES string of the molecule is Cn1ncc2c(-c3ccc(F)cc3F)nc(C3CCOC(c4cnn(C5CC5)c4)C3)cc2c1=O. The largest absolute Gasteiger partial charge is 0.373 e. The summed E-state index contributed by atoms with van der Waals surface area (Å²) in [6, 6.07) is 5.65. The van der Waals surface area contributed by atoms with Crippen LogP contribution in [0.15, 0.2) is 47.7 Å². The van der Waals surface area contributed by atoms with Crippen molar-refractivity contribution in [3.63, 3.8) is 0 Å². The molecule has 6 rings (SSSR count). The monoisotopic (exact) mass is 463 g/mol. The van der Waals surface area contributed by atoms with Crippen molar-refractivity contribution in [2.45, 2.75) is 43.7 Å². The van der Waals surface area contributed by atoms with Crippen LogP contribution in [-0.2, 0) is 11.8 Å². The van der Waals surface area contributed by atoms with Gasteiger partial charge in [0.05, 0.1) is 35.6 Å². The van der Waals surface area contributed by atoms with Gasteiger partial charge in [0.1, 0.15) is 11.6 Å². The Kier molecular flexibility index (Phi) is 5.02. The van der Waals surface area contributed by atoms with Crippen molar-refractivity contribution in [3.8, 4) is 11.3 Å². The first-order chi connectivity index (χ1) is 16.5. The second-order valence-corrected chi connectivity index (χ2v) is 9.12.